The van der Waals surface area contributed by atoms with Gasteiger partial charge < -0.3 is 19.9 Å². The lowest BCUT2D eigenvalue weighted by atomic mass is 10.0. The van der Waals surface area contributed by atoms with Crippen LogP contribution in [-0.2, 0) is 14.6 Å². The summed E-state index contributed by atoms with van der Waals surface area (Å²) in [6.07, 6.45) is 3.32. The number of carbonyl (C=O) groups is 2. The Morgan fingerprint density at radius 2 is 1.95 bits per heavy atom. The minimum Gasteiger partial charge on any atom is -0.455 e. The van der Waals surface area contributed by atoms with Gasteiger partial charge >= 0.3 is 0 Å². The normalized spacial score (nSPS) is 15.6. The van der Waals surface area contributed by atoms with Crippen LogP contribution in [0.3, 0.4) is 0 Å². The van der Waals surface area contributed by atoms with Crippen LogP contribution in [0, 0.1) is 0 Å². The molecule has 0 radical (unpaired) electrons. The maximum absolute atomic E-state index is 12.2. The smallest absolute Gasteiger partial charge is 0.252 e. The molecule has 0 bridgehead atoms. The number of nitrogens with zero attached hydrogens (tertiary/aromatic N) is 3. The van der Waals surface area contributed by atoms with Crippen molar-refractivity contribution in [3.63, 3.8) is 0 Å². The second-order valence-electron chi connectivity index (χ2n) is 9.30. The molecule has 38 heavy (non-hydrogen) atoms. The molecule has 1 saturated heterocycles. The maximum atomic E-state index is 12.2. The molecule has 4 aromatic rings. The summed E-state index contributed by atoms with van der Waals surface area (Å²) in [4.78, 5) is 37.6. The molecule has 1 atom stereocenters. The summed E-state index contributed by atoms with van der Waals surface area (Å²) < 4.78 is 30.6. The molecule has 1 unspecified atom stereocenters. The summed E-state index contributed by atoms with van der Waals surface area (Å²) in [5.41, 5.74) is 3.35. The Kier molecular flexibility index (Phi) is 6.62. The van der Waals surface area contributed by atoms with Gasteiger partial charge in [-0.15, -0.1) is 0 Å². The van der Waals surface area contributed by atoms with Gasteiger partial charge in [0.15, 0.2) is 14.9 Å². The number of hydrogen-bond donors (Lipinski definition) is 2. The second-order valence-corrected chi connectivity index (χ2v) is 11.3. The first kappa shape index (κ1) is 25.4. The highest BCUT2D eigenvalue weighted by Gasteiger charge is 2.30. The number of fused-ring (bicyclic) bond motifs is 1. The number of pyridine rings is 2. The number of aromatic amines is 1. The van der Waals surface area contributed by atoms with Crippen LogP contribution in [0.25, 0.3) is 22.3 Å². The second kappa shape index (κ2) is 9.90. The largest absolute Gasteiger partial charge is 0.455 e. The lowest BCUT2D eigenvalue weighted by Crippen LogP contribution is -2.25. The Morgan fingerprint density at radius 1 is 1.13 bits per heavy atom. The topological polar surface area (TPSA) is 134 Å². The van der Waals surface area contributed by atoms with Crippen molar-refractivity contribution in [1.29, 1.82) is 0 Å². The van der Waals surface area contributed by atoms with Gasteiger partial charge in [0.05, 0.1) is 22.6 Å². The lowest BCUT2D eigenvalue weighted by Gasteiger charge is -2.17. The number of carbonyl (C=O) groups excluding carboxylic acids is 2. The summed E-state index contributed by atoms with van der Waals surface area (Å²) in [7, 11) is -1.94. The maximum Gasteiger partial charge on any atom is 0.252 e. The van der Waals surface area contributed by atoms with E-state index in [2.05, 4.69) is 20.3 Å². The van der Waals surface area contributed by atoms with Crippen molar-refractivity contribution in [1.82, 2.24) is 25.2 Å². The van der Waals surface area contributed by atoms with Crippen molar-refractivity contribution in [2.24, 2.45) is 0 Å². The fourth-order valence-corrected chi connectivity index (χ4v) is 5.15. The van der Waals surface area contributed by atoms with Gasteiger partial charge in [0.2, 0.25) is 5.91 Å². The molecule has 2 N–H and O–H groups in total. The zero-order valence-corrected chi connectivity index (χ0v) is 22.0. The van der Waals surface area contributed by atoms with E-state index in [0.717, 1.165) is 22.9 Å². The predicted molar refractivity (Wildman–Crippen MR) is 142 cm³/mol. The highest BCUT2D eigenvalue weighted by atomic mass is 32.2. The van der Waals surface area contributed by atoms with E-state index in [9.17, 15) is 18.0 Å². The number of amides is 2. The first-order valence-corrected chi connectivity index (χ1v) is 14.0. The van der Waals surface area contributed by atoms with E-state index in [1.165, 1.54) is 19.2 Å². The molecule has 1 aromatic carbocycles. The van der Waals surface area contributed by atoms with E-state index in [1.54, 1.807) is 30.1 Å². The molecule has 196 valence electrons. The van der Waals surface area contributed by atoms with Crippen molar-refractivity contribution in [2.45, 2.75) is 24.3 Å². The quantitative estimate of drug-likeness (QED) is 0.387. The third-order valence-corrected chi connectivity index (χ3v) is 7.60. The Bertz CT molecular complexity index is 1650. The fourth-order valence-electron chi connectivity index (χ4n) is 4.57. The highest BCUT2D eigenvalue weighted by molar-refractivity contribution is 7.90. The van der Waals surface area contributed by atoms with Crippen LogP contribution in [0.2, 0.25) is 0 Å². The van der Waals surface area contributed by atoms with E-state index in [0.29, 0.717) is 48.0 Å². The number of ether oxygens (including phenoxy) is 1. The molecule has 5 rings (SSSR count). The number of hydrogen-bond acceptors (Lipinski definition) is 7. The SMILES string of the molecule is CNC(=O)c1ccc(-c2cc3cc(Oc4ccc(S(C)(=O)=O)nc4C4CCN(C(C)=O)C4)ccc3[nH]2)nc1. The molecule has 1 fully saturated rings. The van der Waals surface area contributed by atoms with Crippen LogP contribution in [0.4, 0.5) is 0 Å². The molecular formula is C27H27N5O5S. The van der Waals surface area contributed by atoms with E-state index in [4.69, 9.17) is 4.74 Å². The van der Waals surface area contributed by atoms with Gasteiger partial charge in [-0.05, 0) is 55.0 Å². The molecule has 1 aliphatic heterocycles. The van der Waals surface area contributed by atoms with Crippen LogP contribution in [0.5, 0.6) is 11.5 Å². The van der Waals surface area contributed by atoms with Gasteiger partial charge in [0, 0.05) is 56.3 Å². The van der Waals surface area contributed by atoms with Gasteiger partial charge in [0.1, 0.15) is 11.5 Å². The molecule has 2 amide bonds. The van der Waals surface area contributed by atoms with Crippen molar-refractivity contribution >= 4 is 32.6 Å². The number of benzene rings is 1. The van der Waals surface area contributed by atoms with Gasteiger partial charge in [-0.1, -0.05) is 0 Å². The summed E-state index contributed by atoms with van der Waals surface area (Å²) in [6, 6.07) is 14.1. The first-order chi connectivity index (χ1) is 18.1. The zero-order chi connectivity index (χ0) is 27.0. The summed E-state index contributed by atoms with van der Waals surface area (Å²) in [6.45, 7) is 2.56. The minimum atomic E-state index is -3.52. The van der Waals surface area contributed by atoms with E-state index >= 15 is 0 Å². The van der Waals surface area contributed by atoms with Crippen molar-refractivity contribution in [3.8, 4) is 22.9 Å². The molecule has 0 spiro atoms. The molecule has 0 saturated carbocycles. The number of rotatable bonds is 6. The number of likely N-dealkylation sites (tertiary alicyclic amines) is 1. The first-order valence-electron chi connectivity index (χ1n) is 12.1. The van der Waals surface area contributed by atoms with Crippen LogP contribution in [-0.4, -0.2) is 66.5 Å². The fraction of sp³-hybridized carbons (Fsp3) is 0.259. The molecule has 1 aliphatic rings. The van der Waals surface area contributed by atoms with E-state index < -0.39 is 9.84 Å². The van der Waals surface area contributed by atoms with Crippen LogP contribution >= 0.6 is 0 Å². The van der Waals surface area contributed by atoms with Crippen LogP contribution in [0.15, 0.2) is 59.8 Å². The zero-order valence-electron chi connectivity index (χ0n) is 21.2. The van der Waals surface area contributed by atoms with Crippen LogP contribution < -0.4 is 10.1 Å². The van der Waals surface area contributed by atoms with Crippen molar-refractivity contribution < 1.29 is 22.7 Å². The van der Waals surface area contributed by atoms with Gasteiger partial charge in [-0.3, -0.25) is 14.6 Å². The van der Waals surface area contributed by atoms with Gasteiger partial charge in [-0.2, -0.15) is 0 Å². The average molecular weight is 534 g/mol. The highest BCUT2D eigenvalue weighted by Crippen LogP contribution is 2.36. The minimum absolute atomic E-state index is 0.0261. The van der Waals surface area contributed by atoms with Gasteiger partial charge in [-0.25, -0.2) is 13.4 Å². The molecule has 10 nitrogen and oxygen atoms in total. The number of aromatic nitrogens is 3. The van der Waals surface area contributed by atoms with E-state index in [1.807, 2.05) is 24.3 Å². The van der Waals surface area contributed by atoms with Gasteiger partial charge in [0.25, 0.3) is 5.91 Å². The Morgan fingerprint density at radius 3 is 2.61 bits per heavy atom. The lowest BCUT2D eigenvalue weighted by molar-refractivity contribution is -0.127. The number of H-pyrrole nitrogens is 1. The van der Waals surface area contributed by atoms with Crippen LogP contribution in [0.1, 0.15) is 35.3 Å². The standard InChI is InChI=1S/C27H27N5O5S/c1-16(33)32-11-10-18(15-32)26-24(8-9-25(31-26)38(3,35)36)37-20-5-7-21-19(12-20)13-23(30-21)22-6-4-17(14-29-22)27(34)28-2/h4-9,12-14,18,30H,10-11,15H2,1-3H3,(H,28,34). The Balaban J connectivity index is 1.45. The number of sulfone groups is 1. The Hall–Kier alpha value is -4.25. The average Bonchev–Trinajstić information content (AvgIpc) is 3.55. The predicted octanol–water partition coefficient (Wildman–Crippen LogP) is 3.52. The summed E-state index contributed by atoms with van der Waals surface area (Å²) in [5, 5.41) is 3.44. The third-order valence-electron chi connectivity index (χ3n) is 6.61. The number of nitrogens with one attached hydrogen (secondary N) is 2. The van der Waals surface area contributed by atoms with E-state index in [-0.39, 0.29) is 22.8 Å². The molecule has 11 heteroatoms. The molecule has 4 heterocycles. The molecular weight excluding hydrogens is 506 g/mol. The third kappa shape index (κ3) is 5.10. The Labute approximate surface area is 220 Å². The molecule has 3 aromatic heterocycles. The van der Waals surface area contributed by atoms with Crippen molar-refractivity contribution in [2.75, 3.05) is 26.4 Å². The summed E-state index contributed by atoms with van der Waals surface area (Å²) >= 11 is 0. The van der Waals surface area contributed by atoms with Crippen molar-refractivity contribution in [3.05, 3.63) is 66.0 Å². The molecule has 0 aliphatic carbocycles. The summed E-state index contributed by atoms with van der Waals surface area (Å²) in [5.74, 6) is 0.646. The monoisotopic (exact) mass is 533 g/mol.